The van der Waals surface area contributed by atoms with E-state index in [1.807, 2.05) is 43.3 Å². The maximum Gasteiger partial charge on any atom is 0.338 e. The number of benzene rings is 2. The molecule has 0 aliphatic rings. The van der Waals surface area contributed by atoms with Crippen LogP contribution in [0.4, 0.5) is 0 Å². The molecule has 158 valence electrons. The first-order valence-electron chi connectivity index (χ1n) is 9.27. The van der Waals surface area contributed by atoms with Crippen LogP contribution in [-0.4, -0.2) is 32.9 Å². The lowest BCUT2D eigenvalue weighted by molar-refractivity contribution is -0.129. The van der Waals surface area contributed by atoms with Crippen LogP contribution < -0.4 is 10.0 Å². The largest absolute Gasteiger partial charge is 0.449 e. The van der Waals surface area contributed by atoms with Gasteiger partial charge in [-0.1, -0.05) is 30.3 Å². The molecule has 1 amide bonds. The highest BCUT2D eigenvalue weighted by atomic mass is 32.2. The Morgan fingerprint density at radius 2 is 1.70 bits per heavy atom. The SMILES string of the molecule is CC(OC(=O)c1ccc(S(=O)(=O)NCCC#N)cc1)C(=O)NC(C)c1ccccc1. The van der Waals surface area contributed by atoms with E-state index in [0.29, 0.717) is 0 Å². The van der Waals surface area contributed by atoms with E-state index in [0.717, 1.165) is 5.56 Å². The van der Waals surface area contributed by atoms with Crippen molar-refractivity contribution >= 4 is 21.9 Å². The minimum absolute atomic E-state index is 0.00332. The van der Waals surface area contributed by atoms with Gasteiger partial charge in [0.15, 0.2) is 6.10 Å². The molecule has 2 aromatic carbocycles. The molecule has 0 radical (unpaired) electrons. The van der Waals surface area contributed by atoms with E-state index in [1.165, 1.54) is 31.2 Å². The number of hydrogen-bond donors (Lipinski definition) is 2. The second kappa shape index (κ2) is 10.5. The van der Waals surface area contributed by atoms with E-state index in [1.54, 1.807) is 0 Å². The van der Waals surface area contributed by atoms with E-state index in [2.05, 4.69) is 10.0 Å². The van der Waals surface area contributed by atoms with Gasteiger partial charge in [-0.25, -0.2) is 17.9 Å². The van der Waals surface area contributed by atoms with Gasteiger partial charge in [-0.05, 0) is 43.7 Å². The summed E-state index contributed by atoms with van der Waals surface area (Å²) in [5.74, 6) is -1.19. The Hall–Kier alpha value is -3.22. The molecule has 2 atom stereocenters. The van der Waals surface area contributed by atoms with Crippen molar-refractivity contribution in [2.45, 2.75) is 37.3 Å². The maximum absolute atomic E-state index is 12.3. The van der Waals surface area contributed by atoms with Gasteiger partial charge in [0.1, 0.15) is 0 Å². The summed E-state index contributed by atoms with van der Waals surface area (Å²) in [4.78, 5) is 24.5. The normalized spacial score (nSPS) is 13.0. The first kappa shape index (κ1) is 23.1. The summed E-state index contributed by atoms with van der Waals surface area (Å²) < 4.78 is 31.6. The second-order valence-corrected chi connectivity index (χ2v) is 8.29. The van der Waals surface area contributed by atoms with Gasteiger partial charge in [-0.15, -0.1) is 0 Å². The average molecular weight is 429 g/mol. The van der Waals surface area contributed by atoms with E-state index in [9.17, 15) is 18.0 Å². The summed E-state index contributed by atoms with van der Waals surface area (Å²) in [6, 6.07) is 16.1. The third-order valence-electron chi connectivity index (χ3n) is 4.24. The number of nitriles is 1. The van der Waals surface area contributed by atoms with Crippen LogP contribution in [-0.2, 0) is 19.6 Å². The van der Waals surface area contributed by atoms with Gasteiger partial charge in [0.25, 0.3) is 5.91 Å². The molecule has 0 heterocycles. The number of nitrogens with one attached hydrogen (secondary N) is 2. The molecule has 0 spiro atoms. The first-order chi connectivity index (χ1) is 14.2. The van der Waals surface area contributed by atoms with Crippen molar-refractivity contribution in [1.29, 1.82) is 5.26 Å². The molecule has 2 aromatic rings. The van der Waals surface area contributed by atoms with Gasteiger partial charge < -0.3 is 10.1 Å². The lowest BCUT2D eigenvalue weighted by Crippen LogP contribution is -2.37. The molecule has 0 bridgehead atoms. The third-order valence-corrected chi connectivity index (χ3v) is 5.72. The molecule has 0 aromatic heterocycles. The molecule has 2 unspecified atom stereocenters. The molecule has 0 saturated heterocycles. The van der Waals surface area contributed by atoms with Crippen molar-refractivity contribution in [1.82, 2.24) is 10.0 Å². The number of nitrogens with zero attached hydrogens (tertiary/aromatic N) is 1. The average Bonchev–Trinajstić information content (AvgIpc) is 2.74. The van der Waals surface area contributed by atoms with Crippen molar-refractivity contribution in [2.75, 3.05) is 6.54 Å². The Morgan fingerprint density at radius 3 is 2.30 bits per heavy atom. The number of sulfonamides is 1. The van der Waals surface area contributed by atoms with Crippen LogP contribution >= 0.6 is 0 Å². The molecule has 0 fully saturated rings. The molecule has 8 nitrogen and oxygen atoms in total. The number of ether oxygens (including phenoxy) is 1. The van der Waals surface area contributed by atoms with Gasteiger partial charge >= 0.3 is 5.97 Å². The smallest absolute Gasteiger partial charge is 0.338 e. The van der Waals surface area contributed by atoms with Crippen molar-refractivity contribution < 1.29 is 22.7 Å². The molecule has 9 heteroatoms. The molecule has 0 saturated carbocycles. The number of rotatable bonds is 9. The van der Waals surface area contributed by atoms with Crippen LogP contribution in [0.5, 0.6) is 0 Å². The van der Waals surface area contributed by atoms with Gasteiger partial charge in [0.05, 0.1) is 22.6 Å². The first-order valence-corrected chi connectivity index (χ1v) is 10.8. The van der Waals surface area contributed by atoms with Crippen LogP contribution in [0.15, 0.2) is 59.5 Å². The zero-order valence-electron chi connectivity index (χ0n) is 16.7. The Bertz CT molecular complexity index is 1010. The molecule has 2 N–H and O–H groups in total. The highest BCUT2D eigenvalue weighted by Crippen LogP contribution is 2.14. The Kier molecular flexibility index (Phi) is 8.09. The molecule has 30 heavy (non-hydrogen) atoms. The second-order valence-electron chi connectivity index (χ2n) is 6.52. The van der Waals surface area contributed by atoms with Gasteiger partial charge in [-0.3, -0.25) is 4.79 Å². The van der Waals surface area contributed by atoms with E-state index >= 15 is 0 Å². The van der Waals surface area contributed by atoms with Crippen molar-refractivity contribution in [3.63, 3.8) is 0 Å². The Balaban J connectivity index is 1.95. The van der Waals surface area contributed by atoms with Crippen LogP contribution in [0.3, 0.4) is 0 Å². The third kappa shape index (κ3) is 6.40. The van der Waals surface area contributed by atoms with Crippen LogP contribution in [0.25, 0.3) is 0 Å². The van der Waals surface area contributed by atoms with Crippen molar-refractivity contribution in [3.05, 3.63) is 65.7 Å². The number of esters is 1. The molecule has 0 aliphatic carbocycles. The zero-order valence-corrected chi connectivity index (χ0v) is 17.5. The van der Waals surface area contributed by atoms with Crippen molar-refractivity contribution in [3.8, 4) is 6.07 Å². The van der Waals surface area contributed by atoms with Gasteiger partial charge in [0.2, 0.25) is 10.0 Å². The van der Waals surface area contributed by atoms with Crippen LogP contribution in [0.1, 0.15) is 42.2 Å². The summed E-state index contributed by atoms with van der Waals surface area (Å²) in [5, 5.41) is 11.3. The molecule has 0 aliphatic heterocycles. The molecular formula is C21H23N3O5S. The standard InChI is InChI=1S/C21H23N3O5S/c1-15(17-7-4-3-5-8-17)24-20(25)16(2)29-21(26)18-9-11-19(12-10-18)30(27,28)23-14-6-13-22/h3-5,7-12,15-16,23H,6,14H2,1-2H3,(H,24,25). The predicted octanol–water partition coefficient (Wildman–Crippen LogP) is 2.30. The van der Waals surface area contributed by atoms with Gasteiger partial charge in [-0.2, -0.15) is 5.26 Å². The summed E-state index contributed by atoms with van der Waals surface area (Å²) >= 11 is 0. The molecule has 2 rings (SSSR count). The monoisotopic (exact) mass is 429 g/mol. The number of carbonyl (C=O) groups excluding carboxylic acids is 2. The molecular weight excluding hydrogens is 406 g/mol. The summed E-state index contributed by atoms with van der Waals surface area (Å²) in [6.45, 7) is 3.28. The number of amides is 1. The highest BCUT2D eigenvalue weighted by Gasteiger charge is 2.21. The fourth-order valence-electron chi connectivity index (χ4n) is 2.53. The fourth-order valence-corrected chi connectivity index (χ4v) is 3.56. The highest BCUT2D eigenvalue weighted by molar-refractivity contribution is 7.89. The quantitative estimate of drug-likeness (QED) is 0.465. The summed E-state index contributed by atoms with van der Waals surface area (Å²) in [7, 11) is -3.77. The minimum Gasteiger partial charge on any atom is -0.449 e. The zero-order chi connectivity index (χ0) is 22.1. The van der Waals surface area contributed by atoms with Crippen LogP contribution in [0.2, 0.25) is 0 Å². The Morgan fingerprint density at radius 1 is 1.07 bits per heavy atom. The maximum atomic E-state index is 12.3. The summed E-state index contributed by atoms with van der Waals surface area (Å²) in [6.07, 6.45) is -0.980. The van der Waals surface area contributed by atoms with Gasteiger partial charge in [0, 0.05) is 13.0 Å². The Labute approximate surface area is 175 Å². The predicted molar refractivity (Wildman–Crippen MR) is 110 cm³/mol. The lowest BCUT2D eigenvalue weighted by atomic mass is 10.1. The van der Waals surface area contributed by atoms with Crippen molar-refractivity contribution in [2.24, 2.45) is 0 Å². The van der Waals surface area contributed by atoms with E-state index < -0.39 is 28.0 Å². The topological polar surface area (TPSA) is 125 Å². The minimum atomic E-state index is -3.77. The number of carbonyl (C=O) groups is 2. The summed E-state index contributed by atoms with van der Waals surface area (Å²) in [5.41, 5.74) is 1.03. The van der Waals surface area contributed by atoms with E-state index in [-0.39, 0.29) is 29.5 Å². The fraction of sp³-hybridized carbons (Fsp3) is 0.286. The van der Waals surface area contributed by atoms with Crippen LogP contribution in [0, 0.1) is 11.3 Å². The number of hydrogen-bond acceptors (Lipinski definition) is 6. The van der Waals surface area contributed by atoms with E-state index in [4.69, 9.17) is 10.00 Å². The lowest BCUT2D eigenvalue weighted by Gasteiger charge is -2.18.